The van der Waals surface area contributed by atoms with Gasteiger partial charge >= 0.3 is 0 Å². The van der Waals surface area contributed by atoms with E-state index in [0.717, 1.165) is 45.5 Å². The summed E-state index contributed by atoms with van der Waals surface area (Å²) in [6.07, 6.45) is 7.36. The van der Waals surface area contributed by atoms with E-state index < -0.39 is 0 Å². The highest BCUT2D eigenvalue weighted by Gasteiger charge is 2.36. The lowest BCUT2D eigenvalue weighted by atomic mass is 9.90. The second-order valence-electron chi connectivity index (χ2n) is 11.0. The lowest BCUT2D eigenvalue weighted by molar-refractivity contribution is -0.167. The van der Waals surface area contributed by atoms with Crippen molar-refractivity contribution in [2.45, 2.75) is 109 Å². The standard InChI is InChI=1S/C23H44N2O3/c1-22(2,3)25-16-21(17-25)26-13-7-10-24-11-8-18(9-12-24)27-19-14-20(15-19)28-23(4,5)6/h18-21H,7-17H2,1-6H3. The van der Waals surface area contributed by atoms with Crippen LogP contribution in [0, 0.1) is 0 Å². The minimum atomic E-state index is -0.0324. The van der Waals surface area contributed by atoms with Crippen LogP contribution in [-0.4, -0.2) is 84.7 Å². The van der Waals surface area contributed by atoms with Gasteiger partial charge in [0, 0.05) is 44.9 Å². The fourth-order valence-corrected chi connectivity index (χ4v) is 4.40. The van der Waals surface area contributed by atoms with Crippen molar-refractivity contribution < 1.29 is 14.2 Å². The minimum Gasteiger partial charge on any atom is -0.376 e. The van der Waals surface area contributed by atoms with Crippen LogP contribution in [0.3, 0.4) is 0 Å². The molecule has 1 aliphatic carbocycles. The number of nitrogens with zero attached hydrogens (tertiary/aromatic N) is 2. The molecule has 2 heterocycles. The summed E-state index contributed by atoms with van der Waals surface area (Å²) in [6.45, 7) is 19.8. The molecule has 164 valence electrons. The SMILES string of the molecule is CC(C)(C)OC1CC(OC2CCN(CCCOC3CN(C(C)(C)C)C3)CC2)C1. The maximum atomic E-state index is 6.30. The van der Waals surface area contributed by atoms with Gasteiger partial charge in [-0.1, -0.05) is 0 Å². The van der Waals surface area contributed by atoms with Crippen molar-refractivity contribution in [1.29, 1.82) is 0 Å². The van der Waals surface area contributed by atoms with Crippen LogP contribution < -0.4 is 0 Å². The predicted molar refractivity (Wildman–Crippen MR) is 114 cm³/mol. The third kappa shape index (κ3) is 6.94. The van der Waals surface area contributed by atoms with Crippen molar-refractivity contribution in [2.75, 3.05) is 39.3 Å². The number of hydrogen-bond acceptors (Lipinski definition) is 5. The average Bonchev–Trinajstić information content (AvgIpc) is 2.49. The number of piperidine rings is 1. The first-order valence-electron chi connectivity index (χ1n) is 11.5. The molecule has 0 aromatic carbocycles. The van der Waals surface area contributed by atoms with E-state index in [9.17, 15) is 0 Å². The van der Waals surface area contributed by atoms with Crippen LogP contribution in [0.2, 0.25) is 0 Å². The second kappa shape index (κ2) is 9.30. The Kier molecular flexibility index (Phi) is 7.47. The van der Waals surface area contributed by atoms with Crippen LogP contribution in [0.5, 0.6) is 0 Å². The van der Waals surface area contributed by atoms with Crippen molar-refractivity contribution in [2.24, 2.45) is 0 Å². The van der Waals surface area contributed by atoms with Crippen LogP contribution >= 0.6 is 0 Å². The van der Waals surface area contributed by atoms with E-state index in [1.54, 1.807) is 0 Å². The lowest BCUT2D eigenvalue weighted by Crippen LogP contribution is -2.59. The summed E-state index contributed by atoms with van der Waals surface area (Å²) >= 11 is 0. The molecule has 5 nitrogen and oxygen atoms in total. The van der Waals surface area contributed by atoms with E-state index in [-0.39, 0.29) is 11.1 Å². The van der Waals surface area contributed by atoms with Crippen LogP contribution in [0.25, 0.3) is 0 Å². The molecule has 5 heteroatoms. The van der Waals surface area contributed by atoms with E-state index >= 15 is 0 Å². The molecule has 0 unspecified atom stereocenters. The molecule has 3 rings (SSSR count). The van der Waals surface area contributed by atoms with Crippen LogP contribution in [0.15, 0.2) is 0 Å². The highest BCUT2D eigenvalue weighted by Crippen LogP contribution is 2.32. The Morgan fingerprint density at radius 2 is 1.46 bits per heavy atom. The van der Waals surface area contributed by atoms with Gasteiger partial charge in [-0.15, -0.1) is 0 Å². The van der Waals surface area contributed by atoms with E-state index in [1.807, 2.05) is 0 Å². The molecule has 0 aromatic rings. The monoisotopic (exact) mass is 396 g/mol. The van der Waals surface area contributed by atoms with E-state index in [2.05, 4.69) is 51.3 Å². The molecule has 1 saturated carbocycles. The van der Waals surface area contributed by atoms with E-state index in [1.165, 1.54) is 25.9 Å². The smallest absolute Gasteiger partial charge is 0.0829 e. The third-order valence-corrected chi connectivity index (χ3v) is 6.26. The zero-order chi connectivity index (χ0) is 20.4. The molecule has 0 bridgehead atoms. The van der Waals surface area contributed by atoms with Crippen LogP contribution in [0.4, 0.5) is 0 Å². The van der Waals surface area contributed by atoms with Crippen molar-refractivity contribution in [3.8, 4) is 0 Å². The molecule has 3 fully saturated rings. The molecule has 2 aliphatic heterocycles. The Hall–Kier alpha value is -0.200. The maximum Gasteiger partial charge on any atom is 0.0829 e. The first-order chi connectivity index (χ1) is 13.1. The van der Waals surface area contributed by atoms with E-state index in [4.69, 9.17) is 14.2 Å². The first kappa shape index (κ1) is 22.5. The van der Waals surface area contributed by atoms with E-state index in [0.29, 0.717) is 24.4 Å². The number of rotatable bonds is 8. The Morgan fingerprint density at radius 1 is 0.821 bits per heavy atom. The van der Waals surface area contributed by atoms with Gasteiger partial charge in [-0.2, -0.15) is 0 Å². The first-order valence-corrected chi connectivity index (χ1v) is 11.5. The van der Waals surface area contributed by atoms with Crippen molar-refractivity contribution in [3.63, 3.8) is 0 Å². The molecule has 0 atom stereocenters. The fourth-order valence-electron chi connectivity index (χ4n) is 4.40. The Labute approximate surface area is 173 Å². The largest absolute Gasteiger partial charge is 0.376 e. The van der Waals surface area contributed by atoms with Crippen molar-refractivity contribution in [1.82, 2.24) is 9.80 Å². The van der Waals surface area contributed by atoms with Gasteiger partial charge in [0.1, 0.15) is 0 Å². The Balaban J connectivity index is 1.18. The molecule has 0 aromatic heterocycles. The molecule has 0 spiro atoms. The second-order valence-corrected chi connectivity index (χ2v) is 11.0. The summed E-state index contributed by atoms with van der Waals surface area (Å²) in [5.41, 5.74) is 0.252. The third-order valence-electron chi connectivity index (χ3n) is 6.26. The average molecular weight is 397 g/mol. The van der Waals surface area contributed by atoms with Gasteiger partial charge in [0.25, 0.3) is 0 Å². The Morgan fingerprint density at radius 3 is 2.04 bits per heavy atom. The van der Waals surface area contributed by atoms with Gasteiger partial charge < -0.3 is 19.1 Å². The number of likely N-dealkylation sites (tertiary alicyclic amines) is 2. The van der Waals surface area contributed by atoms with Gasteiger partial charge in [0.05, 0.1) is 30.0 Å². The van der Waals surface area contributed by atoms with Gasteiger partial charge in [-0.05, 0) is 73.6 Å². The summed E-state index contributed by atoms with van der Waals surface area (Å²) < 4.78 is 18.3. The molecule has 28 heavy (non-hydrogen) atoms. The van der Waals surface area contributed by atoms with Gasteiger partial charge in [-0.25, -0.2) is 0 Å². The number of hydrogen-bond donors (Lipinski definition) is 0. The summed E-state index contributed by atoms with van der Waals surface area (Å²) in [7, 11) is 0. The quantitative estimate of drug-likeness (QED) is 0.585. The molecule has 0 radical (unpaired) electrons. The summed E-state index contributed by atoms with van der Waals surface area (Å²) in [5, 5.41) is 0. The lowest BCUT2D eigenvalue weighted by Gasteiger charge is -2.47. The summed E-state index contributed by atoms with van der Waals surface area (Å²) in [4.78, 5) is 5.07. The number of ether oxygens (including phenoxy) is 3. The van der Waals surface area contributed by atoms with Crippen molar-refractivity contribution >= 4 is 0 Å². The van der Waals surface area contributed by atoms with Gasteiger partial charge in [0.15, 0.2) is 0 Å². The van der Waals surface area contributed by atoms with Crippen LogP contribution in [-0.2, 0) is 14.2 Å². The molecular weight excluding hydrogens is 352 g/mol. The predicted octanol–water partition coefficient (Wildman–Crippen LogP) is 3.70. The highest BCUT2D eigenvalue weighted by atomic mass is 16.5. The summed E-state index contributed by atoms with van der Waals surface area (Å²) in [6, 6.07) is 0. The molecule has 3 aliphatic rings. The van der Waals surface area contributed by atoms with Crippen molar-refractivity contribution in [3.05, 3.63) is 0 Å². The molecule has 2 saturated heterocycles. The zero-order valence-corrected chi connectivity index (χ0v) is 19.2. The normalized spacial score (nSPS) is 28.9. The highest BCUT2D eigenvalue weighted by molar-refractivity contribution is 4.89. The minimum absolute atomic E-state index is 0.0324. The molecule has 0 amide bonds. The Bertz CT molecular complexity index is 465. The fraction of sp³-hybridized carbons (Fsp3) is 1.00. The van der Waals surface area contributed by atoms with Gasteiger partial charge in [0.2, 0.25) is 0 Å². The molecular formula is C23H44N2O3. The maximum absolute atomic E-state index is 6.30. The van der Waals surface area contributed by atoms with Crippen LogP contribution in [0.1, 0.15) is 73.6 Å². The topological polar surface area (TPSA) is 34.2 Å². The molecule has 0 N–H and O–H groups in total. The van der Waals surface area contributed by atoms with Gasteiger partial charge in [-0.3, -0.25) is 4.90 Å². The zero-order valence-electron chi connectivity index (χ0n) is 19.2. The summed E-state index contributed by atoms with van der Waals surface area (Å²) in [5.74, 6) is 0.